The SMILES string of the molecule is CC(=O)N(CC(=O)N1CCN(C)CC1)c1ccc(C)cc1C. The Morgan fingerprint density at radius 1 is 1.14 bits per heavy atom. The molecule has 2 amide bonds. The molecule has 0 radical (unpaired) electrons. The van der Waals surface area contributed by atoms with Crippen LogP contribution in [0.3, 0.4) is 0 Å². The van der Waals surface area contributed by atoms with Crippen LogP contribution in [0.4, 0.5) is 5.69 Å². The van der Waals surface area contributed by atoms with Crippen molar-refractivity contribution in [3.8, 4) is 0 Å². The van der Waals surface area contributed by atoms with Crippen molar-refractivity contribution in [1.82, 2.24) is 9.80 Å². The van der Waals surface area contributed by atoms with E-state index < -0.39 is 0 Å². The van der Waals surface area contributed by atoms with Gasteiger partial charge in [0.1, 0.15) is 6.54 Å². The number of hydrogen-bond acceptors (Lipinski definition) is 3. The van der Waals surface area contributed by atoms with Crippen LogP contribution in [-0.4, -0.2) is 61.4 Å². The molecule has 0 saturated carbocycles. The summed E-state index contributed by atoms with van der Waals surface area (Å²) in [6, 6.07) is 5.92. The lowest BCUT2D eigenvalue weighted by atomic mass is 10.1. The van der Waals surface area contributed by atoms with Crippen LogP contribution < -0.4 is 4.90 Å². The van der Waals surface area contributed by atoms with Crippen LogP contribution in [0.5, 0.6) is 0 Å². The van der Waals surface area contributed by atoms with Crippen molar-refractivity contribution in [3.05, 3.63) is 29.3 Å². The topological polar surface area (TPSA) is 43.9 Å². The van der Waals surface area contributed by atoms with Crippen molar-refractivity contribution in [2.75, 3.05) is 44.7 Å². The first-order chi connectivity index (χ1) is 10.4. The molecule has 0 N–H and O–H groups in total. The van der Waals surface area contributed by atoms with Crippen molar-refractivity contribution in [2.45, 2.75) is 20.8 Å². The average molecular weight is 303 g/mol. The Morgan fingerprint density at radius 2 is 1.77 bits per heavy atom. The third-order valence-corrected chi connectivity index (χ3v) is 4.17. The van der Waals surface area contributed by atoms with Crippen molar-refractivity contribution in [3.63, 3.8) is 0 Å². The first kappa shape index (κ1) is 16.5. The Kier molecular flexibility index (Phi) is 5.19. The molecule has 0 aliphatic carbocycles. The second-order valence-electron chi connectivity index (χ2n) is 6.08. The third kappa shape index (κ3) is 3.85. The molecule has 1 aromatic rings. The molecule has 1 aliphatic rings. The van der Waals surface area contributed by atoms with E-state index in [9.17, 15) is 9.59 Å². The van der Waals surface area contributed by atoms with Gasteiger partial charge in [-0.2, -0.15) is 0 Å². The lowest BCUT2D eigenvalue weighted by Crippen LogP contribution is -2.50. The normalized spacial score (nSPS) is 15.7. The van der Waals surface area contributed by atoms with Gasteiger partial charge in [-0.15, -0.1) is 0 Å². The largest absolute Gasteiger partial charge is 0.339 e. The fraction of sp³-hybridized carbons (Fsp3) is 0.529. The Balaban J connectivity index is 2.12. The van der Waals surface area contributed by atoms with Gasteiger partial charge in [0.2, 0.25) is 11.8 Å². The van der Waals surface area contributed by atoms with E-state index >= 15 is 0 Å². The number of carbonyl (C=O) groups excluding carboxylic acids is 2. The fourth-order valence-corrected chi connectivity index (χ4v) is 2.77. The lowest BCUT2D eigenvalue weighted by Gasteiger charge is -2.34. The van der Waals surface area contributed by atoms with Gasteiger partial charge in [-0.1, -0.05) is 17.7 Å². The van der Waals surface area contributed by atoms with Crippen LogP contribution in [-0.2, 0) is 9.59 Å². The van der Waals surface area contributed by atoms with Gasteiger partial charge in [-0.05, 0) is 32.5 Å². The summed E-state index contributed by atoms with van der Waals surface area (Å²) in [5.74, 6) is -0.0855. The lowest BCUT2D eigenvalue weighted by molar-refractivity contribution is -0.132. The predicted octanol–water partition coefficient (Wildman–Crippen LogP) is 1.43. The van der Waals surface area contributed by atoms with Gasteiger partial charge in [0.05, 0.1) is 0 Å². The maximum absolute atomic E-state index is 12.5. The summed E-state index contributed by atoms with van der Waals surface area (Å²) in [4.78, 5) is 30.1. The number of anilines is 1. The van der Waals surface area contributed by atoms with Gasteiger partial charge in [0.15, 0.2) is 0 Å². The summed E-state index contributed by atoms with van der Waals surface area (Å²) in [5, 5.41) is 0. The van der Waals surface area contributed by atoms with Crippen molar-refractivity contribution >= 4 is 17.5 Å². The summed E-state index contributed by atoms with van der Waals surface area (Å²) in [5.41, 5.74) is 2.98. The molecule has 5 heteroatoms. The van der Waals surface area contributed by atoms with Crippen LogP contribution in [0.15, 0.2) is 18.2 Å². The van der Waals surface area contributed by atoms with E-state index in [-0.39, 0.29) is 18.4 Å². The van der Waals surface area contributed by atoms with Crippen LogP contribution in [0.1, 0.15) is 18.1 Å². The number of benzene rings is 1. The van der Waals surface area contributed by atoms with E-state index in [0.29, 0.717) is 0 Å². The van der Waals surface area contributed by atoms with E-state index in [1.54, 1.807) is 4.90 Å². The molecule has 2 rings (SSSR count). The van der Waals surface area contributed by atoms with Crippen molar-refractivity contribution in [2.24, 2.45) is 0 Å². The quantitative estimate of drug-likeness (QED) is 0.848. The zero-order chi connectivity index (χ0) is 16.3. The minimum absolute atomic E-state index is 0.0169. The second-order valence-corrected chi connectivity index (χ2v) is 6.08. The van der Waals surface area contributed by atoms with Gasteiger partial charge >= 0.3 is 0 Å². The first-order valence-corrected chi connectivity index (χ1v) is 7.70. The molecule has 1 aliphatic heterocycles. The number of amides is 2. The highest BCUT2D eigenvalue weighted by molar-refractivity contribution is 5.98. The molecule has 0 bridgehead atoms. The zero-order valence-electron chi connectivity index (χ0n) is 13.9. The molecule has 22 heavy (non-hydrogen) atoms. The second kappa shape index (κ2) is 6.92. The molecule has 0 spiro atoms. The fourth-order valence-electron chi connectivity index (χ4n) is 2.77. The van der Waals surface area contributed by atoms with Crippen LogP contribution in [0.25, 0.3) is 0 Å². The van der Waals surface area contributed by atoms with Gasteiger partial charge in [0, 0.05) is 38.8 Å². The van der Waals surface area contributed by atoms with Gasteiger partial charge in [-0.3, -0.25) is 9.59 Å². The highest BCUT2D eigenvalue weighted by atomic mass is 16.2. The van der Waals surface area contributed by atoms with Crippen molar-refractivity contribution in [1.29, 1.82) is 0 Å². The number of rotatable bonds is 3. The van der Waals surface area contributed by atoms with E-state index in [1.165, 1.54) is 6.92 Å². The summed E-state index contributed by atoms with van der Waals surface area (Å²) < 4.78 is 0. The molecule has 1 saturated heterocycles. The monoisotopic (exact) mass is 303 g/mol. The minimum atomic E-state index is -0.102. The van der Waals surface area contributed by atoms with E-state index in [4.69, 9.17) is 0 Å². The molecular formula is C17H25N3O2. The molecule has 5 nitrogen and oxygen atoms in total. The van der Waals surface area contributed by atoms with Crippen LogP contribution in [0, 0.1) is 13.8 Å². The molecular weight excluding hydrogens is 278 g/mol. The molecule has 1 aromatic carbocycles. The van der Waals surface area contributed by atoms with Crippen LogP contribution >= 0.6 is 0 Å². The molecule has 0 aromatic heterocycles. The number of carbonyl (C=O) groups is 2. The number of nitrogens with zero attached hydrogens (tertiary/aromatic N) is 3. The molecule has 0 atom stereocenters. The highest BCUT2D eigenvalue weighted by Gasteiger charge is 2.23. The predicted molar refractivity (Wildman–Crippen MR) is 88.0 cm³/mol. The molecule has 1 heterocycles. The summed E-state index contributed by atoms with van der Waals surface area (Å²) in [6.45, 7) is 8.84. The summed E-state index contributed by atoms with van der Waals surface area (Å²) in [7, 11) is 2.05. The Morgan fingerprint density at radius 3 is 2.32 bits per heavy atom. The van der Waals surface area contributed by atoms with Gasteiger partial charge < -0.3 is 14.7 Å². The number of piperazine rings is 1. The van der Waals surface area contributed by atoms with Gasteiger partial charge in [-0.25, -0.2) is 0 Å². The maximum Gasteiger partial charge on any atom is 0.242 e. The standard InChI is InChI=1S/C17H25N3O2/c1-13-5-6-16(14(2)11-13)20(15(3)21)12-17(22)19-9-7-18(4)8-10-19/h5-6,11H,7-10,12H2,1-4H3. The smallest absolute Gasteiger partial charge is 0.242 e. The van der Waals surface area contributed by atoms with E-state index in [0.717, 1.165) is 43.0 Å². The van der Waals surface area contributed by atoms with Crippen molar-refractivity contribution < 1.29 is 9.59 Å². The molecule has 0 unspecified atom stereocenters. The highest BCUT2D eigenvalue weighted by Crippen LogP contribution is 2.21. The number of likely N-dealkylation sites (N-methyl/N-ethyl adjacent to an activating group) is 1. The minimum Gasteiger partial charge on any atom is -0.339 e. The van der Waals surface area contributed by atoms with E-state index in [2.05, 4.69) is 11.9 Å². The maximum atomic E-state index is 12.5. The van der Waals surface area contributed by atoms with E-state index in [1.807, 2.05) is 36.9 Å². The third-order valence-electron chi connectivity index (χ3n) is 4.17. The Bertz CT molecular complexity index is 563. The average Bonchev–Trinajstić information content (AvgIpc) is 2.45. The van der Waals surface area contributed by atoms with Crippen LogP contribution in [0.2, 0.25) is 0 Å². The number of hydrogen-bond donors (Lipinski definition) is 0. The number of aryl methyl sites for hydroxylation is 2. The first-order valence-electron chi connectivity index (χ1n) is 7.70. The Hall–Kier alpha value is -1.88. The summed E-state index contributed by atoms with van der Waals surface area (Å²) >= 11 is 0. The Labute approximate surface area is 132 Å². The zero-order valence-corrected chi connectivity index (χ0v) is 13.9. The summed E-state index contributed by atoms with van der Waals surface area (Å²) in [6.07, 6.45) is 0. The molecule has 120 valence electrons. The van der Waals surface area contributed by atoms with Gasteiger partial charge in [0.25, 0.3) is 0 Å². The molecule has 1 fully saturated rings.